The lowest BCUT2D eigenvalue weighted by atomic mass is 9.93. The molecule has 4 aromatic rings. The average molecular weight is 554 g/mol. The predicted octanol–water partition coefficient (Wildman–Crippen LogP) is 5.55. The summed E-state index contributed by atoms with van der Waals surface area (Å²) in [4.78, 5) is 14.5. The summed E-state index contributed by atoms with van der Waals surface area (Å²) in [6.07, 6.45) is 6.91. The zero-order valence-electron chi connectivity index (χ0n) is 23.5. The van der Waals surface area contributed by atoms with Crippen LogP contribution in [0.15, 0.2) is 42.5 Å². The third kappa shape index (κ3) is 4.14. The molecular weight excluding hydrogens is 517 g/mol. The summed E-state index contributed by atoms with van der Waals surface area (Å²) in [5, 5.41) is 16.7. The Labute approximate surface area is 239 Å². The molecule has 0 aliphatic carbocycles. The summed E-state index contributed by atoms with van der Waals surface area (Å²) >= 11 is 0. The molecule has 4 aliphatic rings. The maximum Gasteiger partial charge on any atom is 0.319 e. The van der Waals surface area contributed by atoms with Crippen LogP contribution < -0.4 is 15.0 Å². The first kappa shape index (κ1) is 25.2. The second kappa shape index (κ2) is 9.53. The van der Waals surface area contributed by atoms with E-state index in [1.807, 2.05) is 37.3 Å². The Morgan fingerprint density at radius 3 is 2.59 bits per heavy atom. The standard InChI is InChI=1S/C33H36FN5O2/c1-20-5-2-6-21-15-24(40)16-27(28(20)21)25-9-10-26-30(29(25)34)36-32(41-19-33-11-3-13-39(33)14-4-12-33)37-31(26)38-17-22-7-8-23(18-38)35-22/h2,5-6,9-10,15-16,22-23,35,40H,3-4,7-8,11-14,17-19H2,1H3/t22-,23+. The molecule has 7 nitrogen and oxygen atoms in total. The molecule has 1 aromatic heterocycles. The fourth-order valence-corrected chi connectivity index (χ4v) is 8.08. The Bertz CT molecular complexity index is 1650. The molecule has 0 radical (unpaired) electrons. The van der Waals surface area contributed by atoms with Gasteiger partial charge in [-0.05, 0) is 98.6 Å². The Hall–Kier alpha value is -3.49. The molecule has 0 saturated carbocycles. The van der Waals surface area contributed by atoms with Crippen LogP contribution in [0.25, 0.3) is 32.8 Å². The molecule has 4 aliphatic heterocycles. The van der Waals surface area contributed by atoms with Gasteiger partial charge in [-0.15, -0.1) is 0 Å². The van der Waals surface area contributed by atoms with Crippen LogP contribution in [0.2, 0.25) is 0 Å². The second-order valence-electron chi connectivity index (χ2n) is 12.6. The molecule has 2 bridgehead atoms. The Balaban J connectivity index is 1.26. The lowest BCUT2D eigenvalue weighted by Gasteiger charge is -2.34. The zero-order valence-corrected chi connectivity index (χ0v) is 23.5. The normalized spacial score (nSPS) is 23.5. The number of hydrogen-bond acceptors (Lipinski definition) is 7. The van der Waals surface area contributed by atoms with Crippen LogP contribution in [-0.2, 0) is 0 Å². The minimum atomic E-state index is -0.411. The summed E-state index contributed by atoms with van der Waals surface area (Å²) in [5.74, 6) is 0.446. The number of aromatic nitrogens is 2. The van der Waals surface area contributed by atoms with Crippen molar-refractivity contribution >= 4 is 27.5 Å². The van der Waals surface area contributed by atoms with Gasteiger partial charge >= 0.3 is 6.01 Å². The summed E-state index contributed by atoms with van der Waals surface area (Å²) in [5.41, 5.74) is 2.42. The third-order valence-electron chi connectivity index (χ3n) is 10.0. The molecule has 2 atom stereocenters. The van der Waals surface area contributed by atoms with Gasteiger partial charge in [0.25, 0.3) is 0 Å². The minimum absolute atomic E-state index is 0.0467. The highest BCUT2D eigenvalue weighted by Crippen LogP contribution is 2.41. The van der Waals surface area contributed by atoms with E-state index in [-0.39, 0.29) is 22.8 Å². The number of aromatic hydroxyl groups is 1. The van der Waals surface area contributed by atoms with Crippen LogP contribution in [0.1, 0.15) is 44.1 Å². The molecule has 0 spiro atoms. The monoisotopic (exact) mass is 553 g/mol. The van der Waals surface area contributed by atoms with E-state index in [0.717, 1.165) is 74.0 Å². The van der Waals surface area contributed by atoms with Gasteiger partial charge in [0, 0.05) is 36.1 Å². The number of hydrogen-bond donors (Lipinski definition) is 2. The Kier molecular flexibility index (Phi) is 5.87. The van der Waals surface area contributed by atoms with Gasteiger partial charge in [-0.1, -0.05) is 24.3 Å². The summed E-state index contributed by atoms with van der Waals surface area (Å²) in [7, 11) is 0. The van der Waals surface area contributed by atoms with E-state index in [1.165, 1.54) is 12.8 Å². The third-order valence-corrected chi connectivity index (χ3v) is 10.0. The molecule has 2 N–H and O–H groups in total. The number of aryl methyl sites for hydroxylation is 1. The highest BCUT2D eigenvalue weighted by Gasteiger charge is 2.45. The van der Waals surface area contributed by atoms with Gasteiger partial charge < -0.3 is 20.1 Å². The van der Waals surface area contributed by atoms with E-state index in [2.05, 4.69) is 15.1 Å². The second-order valence-corrected chi connectivity index (χ2v) is 12.6. The van der Waals surface area contributed by atoms with Crippen molar-refractivity contribution in [2.24, 2.45) is 0 Å². The number of phenols is 1. The number of nitrogens with one attached hydrogen (secondary N) is 1. The van der Waals surface area contributed by atoms with Gasteiger partial charge in [0.2, 0.25) is 0 Å². The largest absolute Gasteiger partial charge is 0.508 e. The number of phenolic OH excluding ortho intramolecular Hbond substituents is 1. The summed E-state index contributed by atoms with van der Waals surface area (Å²) < 4.78 is 23.1. The highest BCUT2D eigenvalue weighted by atomic mass is 19.1. The minimum Gasteiger partial charge on any atom is -0.508 e. The van der Waals surface area contributed by atoms with Gasteiger partial charge in [0.1, 0.15) is 23.7 Å². The van der Waals surface area contributed by atoms with Gasteiger partial charge in [0.05, 0.1) is 5.54 Å². The van der Waals surface area contributed by atoms with E-state index in [9.17, 15) is 5.11 Å². The van der Waals surface area contributed by atoms with Gasteiger partial charge in [-0.25, -0.2) is 4.39 Å². The molecule has 4 saturated heterocycles. The molecule has 4 fully saturated rings. The van der Waals surface area contributed by atoms with Crippen LogP contribution in [0.4, 0.5) is 10.2 Å². The van der Waals surface area contributed by atoms with Crippen molar-refractivity contribution in [3.05, 3.63) is 53.8 Å². The molecule has 0 amide bonds. The van der Waals surface area contributed by atoms with Crippen LogP contribution in [-0.4, -0.2) is 70.4 Å². The SMILES string of the molecule is Cc1cccc2cc(O)cc(-c3ccc4c(N5C[C@H]6CC[C@@H](C5)N6)nc(OCC56CCCN5CCC6)nc4c3F)c12. The fraction of sp³-hybridized carbons (Fsp3) is 0.455. The molecule has 3 aromatic carbocycles. The number of nitrogens with zero attached hydrogens (tertiary/aromatic N) is 4. The first-order valence-corrected chi connectivity index (χ1v) is 15.1. The van der Waals surface area contributed by atoms with Crippen molar-refractivity contribution in [1.82, 2.24) is 20.2 Å². The van der Waals surface area contributed by atoms with E-state index in [4.69, 9.17) is 14.7 Å². The van der Waals surface area contributed by atoms with E-state index in [0.29, 0.717) is 35.2 Å². The molecule has 8 heteroatoms. The van der Waals surface area contributed by atoms with Gasteiger partial charge in [-0.2, -0.15) is 9.97 Å². The smallest absolute Gasteiger partial charge is 0.319 e. The summed E-state index contributed by atoms with van der Waals surface area (Å²) in [6.45, 7) is 6.45. The molecule has 212 valence electrons. The van der Waals surface area contributed by atoms with Crippen molar-refractivity contribution in [1.29, 1.82) is 0 Å². The predicted molar refractivity (Wildman–Crippen MR) is 159 cm³/mol. The molecule has 41 heavy (non-hydrogen) atoms. The number of halogens is 1. The van der Waals surface area contributed by atoms with Crippen LogP contribution in [0.5, 0.6) is 11.8 Å². The fourth-order valence-electron chi connectivity index (χ4n) is 8.08. The maximum absolute atomic E-state index is 16.7. The van der Waals surface area contributed by atoms with Crippen molar-refractivity contribution in [2.75, 3.05) is 37.7 Å². The van der Waals surface area contributed by atoms with E-state index in [1.54, 1.807) is 12.1 Å². The maximum atomic E-state index is 16.7. The molecule has 0 unspecified atom stereocenters. The number of ether oxygens (including phenoxy) is 1. The van der Waals surface area contributed by atoms with Gasteiger partial charge in [-0.3, -0.25) is 4.90 Å². The number of fused-ring (bicyclic) bond motifs is 5. The van der Waals surface area contributed by atoms with Crippen molar-refractivity contribution < 1.29 is 14.2 Å². The summed E-state index contributed by atoms with van der Waals surface area (Å²) in [6, 6.07) is 14.1. The molecule has 5 heterocycles. The highest BCUT2D eigenvalue weighted by molar-refractivity contribution is 6.02. The average Bonchev–Trinajstić information content (AvgIpc) is 3.65. The Morgan fingerprint density at radius 2 is 1.80 bits per heavy atom. The van der Waals surface area contributed by atoms with Crippen LogP contribution >= 0.6 is 0 Å². The number of benzene rings is 3. The number of piperazine rings is 1. The lowest BCUT2D eigenvalue weighted by Crippen LogP contribution is -2.51. The quantitative estimate of drug-likeness (QED) is 0.336. The molecule has 8 rings (SSSR count). The van der Waals surface area contributed by atoms with Crippen LogP contribution in [0.3, 0.4) is 0 Å². The van der Waals surface area contributed by atoms with Crippen molar-refractivity contribution in [3.8, 4) is 22.9 Å². The molecular formula is C33H36FN5O2. The number of anilines is 1. The first-order valence-electron chi connectivity index (χ1n) is 15.1. The lowest BCUT2D eigenvalue weighted by molar-refractivity contribution is 0.108. The Morgan fingerprint density at radius 1 is 1.02 bits per heavy atom. The van der Waals surface area contributed by atoms with Gasteiger partial charge in [0.15, 0.2) is 5.82 Å². The van der Waals surface area contributed by atoms with E-state index >= 15 is 4.39 Å². The van der Waals surface area contributed by atoms with Crippen molar-refractivity contribution in [3.63, 3.8) is 0 Å². The topological polar surface area (TPSA) is 73.8 Å². The van der Waals surface area contributed by atoms with E-state index < -0.39 is 5.82 Å². The first-order chi connectivity index (χ1) is 20.0. The zero-order chi connectivity index (χ0) is 27.7. The van der Waals surface area contributed by atoms with Crippen LogP contribution in [0, 0.1) is 12.7 Å². The van der Waals surface area contributed by atoms with Crippen molar-refractivity contribution in [2.45, 2.75) is 63.1 Å². The number of rotatable bonds is 5.